The maximum atomic E-state index is 11.3. The number of thiol groups is 1. The first-order valence-corrected chi connectivity index (χ1v) is 4.89. The van der Waals surface area contributed by atoms with Crippen LogP contribution in [0.2, 0.25) is 0 Å². The second-order valence-electron chi connectivity index (χ2n) is 3.13. The van der Waals surface area contributed by atoms with Gasteiger partial charge in [-0.25, -0.2) is 4.79 Å². The van der Waals surface area contributed by atoms with Gasteiger partial charge >= 0.3 is 5.97 Å². The van der Waals surface area contributed by atoms with Gasteiger partial charge in [-0.3, -0.25) is 4.79 Å². The van der Waals surface area contributed by atoms with Crippen LogP contribution in [0.5, 0.6) is 0 Å². The van der Waals surface area contributed by atoms with Crippen molar-refractivity contribution in [2.45, 2.75) is 18.6 Å². The summed E-state index contributed by atoms with van der Waals surface area (Å²) in [6.07, 6.45) is -0.408. The molecule has 14 heavy (non-hydrogen) atoms. The average Bonchev–Trinajstić information content (AvgIpc) is 2.58. The number of rotatable bonds is 2. The summed E-state index contributed by atoms with van der Waals surface area (Å²) in [6.45, 7) is 0.180. The molecule has 0 unspecified atom stereocenters. The van der Waals surface area contributed by atoms with Crippen LogP contribution in [0.1, 0.15) is 6.42 Å². The molecule has 0 bridgehead atoms. The van der Waals surface area contributed by atoms with E-state index >= 15 is 0 Å². The van der Waals surface area contributed by atoms with Gasteiger partial charge in [-0.1, -0.05) is 0 Å². The number of hydrogen-bond acceptors (Lipinski definition) is 5. The van der Waals surface area contributed by atoms with Crippen LogP contribution in [-0.4, -0.2) is 53.4 Å². The number of β-amino-alcohol motifs (C(OH)–C–C–N with tert-alkyl or cyclic N) is 1. The third-order valence-corrected chi connectivity index (χ3v) is 2.48. The van der Waals surface area contributed by atoms with Gasteiger partial charge in [0.1, 0.15) is 6.04 Å². The van der Waals surface area contributed by atoms with Gasteiger partial charge in [0.05, 0.1) is 19.0 Å². The van der Waals surface area contributed by atoms with Crippen molar-refractivity contribution >= 4 is 24.5 Å². The maximum Gasteiger partial charge on any atom is 0.328 e. The fraction of sp³-hybridized carbons (Fsp3) is 0.750. The number of esters is 1. The molecule has 1 aliphatic heterocycles. The van der Waals surface area contributed by atoms with Gasteiger partial charge in [-0.05, 0) is 0 Å². The molecule has 1 saturated heterocycles. The van der Waals surface area contributed by atoms with Crippen molar-refractivity contribution in [2.75, 3.05) is 19.4 Å². The molecule has 1 heterocycles. The highest BCUT2D eigenvalue weighted by Gasteiger charge is 2.38. The number of amides is 1. The third kappa shape index (κ3) is 2.19. The maximum absolute atomic E-state index is 11.3. The molecule has 1 aliphatic rings. The predicted octanol–water partition coefficient (Wildman–Crippen LogP) is -0.949. The summed E-state index contributed by atoms with van der Waals surface area (Å²) in [5, 5.41) is 9.33. The summed E-state index contributed by atoms with van der Waals surface area (Å²) < 4.78 is 4.54. The third-order valence-electron chi connectivity index (χ3n) is 2.21. The van der Waals surface area contributed by atoms with Crippen LogP contribution in [0.15, 0.2) is 0 Å². The van der Waals surface area contributed by atoms with E-state index in [1.807, 2.05) is 0 Å². The Balaban J connectivity index is 2.72. The molecular weight excluding hydrogens is 206 g/mol. The van der Waals surface area contributed by atoms with Crippen LogP contribution in [0.25, 0.3) is 0 Å². The van der Waals surface area contributed by atoms with E-state index in [2.05, 4.69) is 17.4 Å². The number of nitrogens with zero attached hydrogens (tertiary/aromatic N) is 1. The van der Waals surface area contributed by atoms with E-state index in [-0.39, 0.29) is 24.6 Å². The number of carbonyl (C=O) groups is 2. The number of likely N-dealkylation sites (tertiary alicyclic amines) is 1. The number of hydrogen-bond donors (Lipinski definition) is 2. The van der Waals surface area contributed by atoms with E-state index in [0.29, 0.717) is 0 Å². The zero-order chi connectivity index (χ0) is 10.7. The zero-order valence-corrected chi connectivity index (χ0v) is 8.74. The topological polar surface area (TPSA) is 66.8 Å². The molecule has 5 nitrogen and oxygen atoms in total. The first-order chi connectivity index (χ1) is 6.60. The second-order valence-corrected chi connectivity index (χ2v) is 3.45. The highest BCUT2D eigenvalue weighted by Crippen LogP contribution is 2.19. The number of carbonyl (C=O) groups excluding carboxylic acids is 2. The van der Waals surface area contributed by atoms with Gasteiger partial charge in [0.15, 0.2) is 0 Å². The van der Waals surface area contributed by atoms with Gasteiger partial charge in [0.2, 0.25) is 5.91 Å². The summed E-state index contributed by atoms with van der Waals surface area (Å²) >= 11 is 3.83. The van der Waals surface area contributed by atoms with E-state index in [9.17, 15) is 14.7 Å². The van der Waals surface area contributed by atoms with Gasteiger partial charge in [-0.15, -0.1) is 0 Å². The number of aliphatic hydroxyl groups is 1. The molecule has 0 saturated carbocycles. The lowest BCUT2D eigenvalue weighted by molar-refractivity contribution is -0.150. The van der Waals surface area contributed by atoms with Crippen molar-refractivity contribution in [1.82, 2.24) is 4.90 Å². The summed E-state index contributed by atoms with van der Waals surface area (Å²) in [5.74, 6) is -0.725. The molecule has 2 atom stereocenters. The largest absolute Gasteiger partial charge is 0.467 e. The molecule has 80 valence electrons. The lowest BCUT2D eigenvalue weighted by atomic mass is 10.2. The molecule has 0 aromatic rings. The lowest BCUT2D eigenvalue weighted by Crippen LogP contribution is -2.41. The Labute approximate surface area is 87.4 Å². The van der Waals surface area contributed by atoms with Crippen LogP contribution in [0, 0.1) is 0 Å². The molecule has 1 amide bonds. The molecule has 6 heteroatoms. The van der Waals surface area contributed by atoms with Crippen molar-refractivity contribution in [1.29, 1.82) is 0 Å². The van der Waals surface area contributed by atoms with Gasteiger partial charge in [-0.2, -0.15) is 12.6 Å². The minimum Gasteiger partial charge on any atom is -0.467 e. The van der Waals surface area contributed by atoms with Crippen molar-refractivity contribution in [2.24, 2.45) is 0 Å². The van der Waals surface area contributed by atoms with Crippen molar-refractivity contribution in [3.63, 3.8) is 0 Å². The van der Waals surface area contributed by atoms with E-state index < -0.39 is 18.1 Å². The molecule has 0 radical (unpaired) electrons. The van der Waals surface area contributed by atoms with E-state index in [1.54, 1.807) is 0 Å². The predicted molar refractivity (Wildman–Crippen MR) is 52.0 cm³/mol. The minimum atomic E-state index is -0.658. The van der Waals surface area contributed by atoms with E-state index in [1.165, 1.54) is 12.0 Å². The Bertz CT molecular complexity index is 221. The van der Waals surface area contributed by atoms with Crippen molar-refractivity contribution < 1.29 is 19.4 Å². The van der Waals surface area contributed by atoms with Gasteiger partial charge in [0.25, 0.3) is 0 Å². The smallest absolute Gasteiger partial charge is 0.328 e. The van der Waals surface area contributed by atoms with Gasteiger partial charge < -0.3 is 14.7 Å². The quantitative estimate of drug-likeness (QED) is 0.464. The monoisotopic (exact) mass is 219 g/mol. The number of ether oxygens (including phenoxy) is 1. The summed E-state index contributed by atoms with van der Waals surface area (Å²) in [5.41, 5.74) is 0. The van der Waals surface area contributed by atoms with Crippen LogP contribution in [0.3, 0.4) is 0 Å². The lowest BCUT2D eigenvalue weighted by Gasteiger charge is -2.21. The average molecular weight is 219 g/mol. The SMILES string of the molecule is COC(=O)[C@@H]1C[C@@H](O)CN1C(=O)CS. The van der Waals surface area contributed by atoms with Crippen LogP contribution < -0.4 is 0 Å². The van der Waals surface area contributed by atoms with E-state index in [4.69, 9.17) is 0 Å². The molecular formula is C8H13NO4S. The molecule has 1 N–H and O–H groups in total. The van der Waals surface area contributed by atoms with Crippen molar-refractivity contribution in [3.05, 3.63) is 0 Å². The van der Waals surface area contributed by atoms with Crippen molar-refractivity contribution in [3.8, 4) is 0 Å². The molecule has 0 aliphatic carbocycles. The zero-order valence-electron chi connectivity index (χ0n) is 7.84. The normalized spacial score (nSPS) is 26.4. The van der Waals surface area contributed by atoms with E-state index in [0.717, 1.165) is 0 Å². The first-order valence-electron chi connectivity index (χ1n) is 4.26. The Morgan fingerprint density at radius 1 is 1.64 bits per heavy atom. The Kier molecular flexibility index (Phi) is 3.77. The number of aliphatic hydroxyl groups excluding tert-OH is 1. The Hall–Kier alpha value is -0.750. The minimum absolute atomic E-state index is 0.0280. The molecule has 1 fully saturated rings. The Morgan fingerprint density at radius 3 is 2.79 bits per heavy atom. The first kappa shape index (κ1) is 11.3. The fourth-order valence-corrected chi connectivity index (χ4v) is 1.72. The summed E-state index contributed by atoms with van der Waals surface area (Å²) in [4.78, 5) is 23.9. The highest BCUT2D eigenvalue weighted by molar-refractivity contribution is 7.81. The van der Waals surface area contributed by atoms with Crippen LogP contribution >= 0.6 is 12.6 Å². The highest BCUT2D eigenvalue weighted by atomic mass is 32.1. The summed E-state index contributed by atoms with van der Waals surface area (Å²) in [6, 6.07) is -0.658. The molecule has 0 aromatic heterocycles. The molecule has 0 aromatic carbocycles. The Morgan fingerprint density at radius 2 is 2.29 bits per heavy atom. The van der Waals surface area contributed by atoms with Gasteiger partial charge in [0, 0.05) is 13.0 Å². The van der Waals surface area contributed by atoms with Crippen LogP contribution in [-0.2, 0) is 14.3 Å². The fourth-order valence-electron chi connectivity index (χ4n) is 1.54. The second kappa shape index (κ2) is 4.65. The standard InChI is InChI=1S/C8H13NO4S/c1-13-8(12)6-2-5(10)3-9(6)7(11)4-14/h5-6,10,14H,2-4H2,1H3/t5-,6+/m1/s1. The molecule has 0 spiro atoms. The van der Waals surface area contributed by atoms with Crippen LogP contribution in [0.4, 0.5) is 0 Å². The number of methoxy groups -OCH3 is 1. The summed E-state index contributed by atoms with van der Waals surface area (Å²) in [7, 11) is 1.26. The molecule has 1 rings (SSSR count).